The molecule has 0 saturated heterocycles. The highest BCUT2D eigenvalue weighted by atomic mass is 19.1. The molecule has 1 aromatic carbocycles. The van der Waals surface area contributed by atoms with Crippen LogP contribution in [0.3, 0.4) is 0 Å². The van der Waals surface area contributed by atoms with Crippen LogP contribution in [0.1, 0.15) is 18.9 Å². The van der Waals surface area contributed by atoms with Crippen molar-refractivity contribution in [3.05, 3.63) is 29.6 Å². The Kier molecular flexibility index (Phi) is 5.12. The first-order valence-corrected chi connectivity index (χ1v) is 5.77. The first-order valence-electron chi connectivity index (χ1n) is 5.77. The summed E-state index contributed by atoms with van der Waals surface area (Å²) in [5.41, 5.74) is 0.806. The number of benzene rings is 1. The van der Waals surface area contributed by atoms with E-state index in [9.17, 15) is 9.18 Å². The van der Waals surface area contributed by atoms with Gasteiger partial charge in [0, 0.05) is 19.3 Å². The zero-order valence-electron chi connectivity index (χ0n) is 10.5. The third kappa shape index (κ3) is 3.74. The lowest BCUT2D eigenvalue weighted by atomic mass is 10.2. The SMILES string of the molecule is CCCN(CC(=O)NC)c1cc(F)cc(C#N)c1. The molecule has 0 spiro atoms. The molecule has 0 bridgehead atoms. The maximum Gasteiger partial charge on any atom is 0.239 e. The molecule has 0 aliphatic carbocycles. The minimum atomic E-state index is -0.470. The van der Waals surface area contributed by atoms with Crippen molar-refractivity contribution in [1.29, 1.82) is 5.26 Å². The second-order valence-electron chi connectivity index (χ2n) is 3.90. The van der Waals surface area contributed by atoms with Crippen LogP contribution < -0.4 is 10.2 Å². The van der Waals surface area contributed by atoms with E-state index in [1.807, 2.05) is 13.0 Å². The maximum atomic E-state index is 13.4. The van der Waals surface area contributed by atoms with Crippen LogP contribution in [0.4, 0.5) is 10.1 Å². The summed E-state index contributed by atoms with van der Waals surface area (Å²) in [7, 11) is 1.55. The van der Waals surface area contributed by atoms with Gasteiger partial charge in [0.15, 0.2) is 0 Å². The molecule has 5 heteroatoms. The second kappa shape index (κ2) is 6.60. The van der Waals surface area contributed by atoms with E-state index in [2.05, 4.69) is 5.32 Å². The number of likely N-dealkylation sites (N-methyl/N-ethyl adjacent to an activating group) is 1. The number of amides is 1. The van der Waals surface area contributed by atoms with Gasteiger partial charge in [-0.3, -0.25) is 4.79 Å². The topological polar surface area (TPSA) is 56.1 Å². The van der Waals surface area contributed by atoms with Crippen molar-refractivity contribution >= 4 is 11.6 Å². The number of nitriles is 1. The van der Waals surface area contributed by atoms with Gasteiger partial charge in [0.05, 0.1) is 18.2 Å². The fraction of sp³-hybridized carbons (Fsp3) is 0.385. The first-order chi connectivity index (χ1) is 8.60. The minimum Gasteiger partial charge on any atom is -0.362 e. The Morgan fingerprint density at radius 1 is 1.50 bits per heavy atom. The van der Waals surface area contributed by atoms with Crippen molar-refractivity contribution in [3.63, 3.8) is 0 Å². The highest BCUT2D eigenvalue weighted by Crippen LogP contribution is 2.18. The molecule has 0 atom stereocenters. The van der Waals surface area contributed by atoms with Crippen molar-refractivity contribution in [2.24, 2.45) is 0 Å². The molecule has 0 aliphatic rings. The lowest BCUT2D eigenvalue weighted by Gasteiger charge is -2.23. The fourth-order valence-electron chi connectivity index (χ4n) is 1.64. The number of halogens is 1. The monoisotopic (exact) mass is 249 g/mol. The molecule has 0 aliphatic heterocycles. The largest absolute Gasteiger partial charge is 0.362 e. The number of carbonyl (C=O) groups is 1. The summed E-state index contributed by atoms with van der Waals surface area (Å²) in [4.78, 5) is 13.2. The Hall–Kier alpha value is -2.09. The van der Waals surface area contributed by atoms with Crippen molar-refractivity contribution < 1.29 is 9.18 Å². The minimum absolute atomic E-state index is 0.147. The molecule has 18 heavy (non-hydrogen) atoms. The van der Waals surface area contributed by atoms with Gasteiger partial charge < -0.3 is 10.2 Å². The average molecular weight is 249 g/mol. The van der Waals surface area contributed by atoms with Crippen LogP contribution in [0.15, 0.2) is 18.2 Å². The summed E-state index contributed by atoms with van der Waals surface area (Å²) in [6.07, 6.45) is 0.829. The molecule has 1 amide bonds. The predicted molar refractivity (Wildman–Crippen MR) is 67.7 cm³/mol. The van der Waals surface area contributed by atoms with E-state index in [0.717, 1.165) is 6.42 Å². The second-order valence-corrected chi connectivity index (χ2v) is 3.90. The highest BCUT2D eigenvalue weighted by molar-refractivity contribution is 5.81. The molecular formula is C13H16FN3O. The third-order valence-corrected chi connectivity index (χ3v) is 2.48. The summed E-state index contributed by atoms with van der Waals surface area (Å²) in [6.45, 7) is 2.75. The number of nitrogens with zero attached hydrogens (tertiary/aromatic N) is 2. The van der Waals surface area contributed by atoms with E-state index in [0.29, 0.717) is 12.2 Å². The van der Waals surface area contributed by atoms with Crippen LogP contribution in [0.5, 0.6) is 0 Å². The van der Waals surface area contributed by atoms with Gasteiger partial charge in [-0.1, -0.05) is 6.92 Å². The summed E-state index contributed by atoms with van der Waals surface area (Å²) >= 11 is 0. The molecule has 0 heterocycles. The van der Waals surface area contributed by atoms with E-state index in [-0.39, 0.29) is 18.0 Å². The van der Waals surface area contributed by atoms with Crippen LogP contribution >= 0.6 is 0 Å². The summed E-state index contributed by atoms with van der Waals surface area (Å²) in [5.74, 6) is -0.617. The molecule has 1 aromatic rings. The first kappa shape index (κ1) is 14.0. The molecule has 0 saturated carbocycles. The fourth-order valence-corrected chi connectivity index (χ4v) is 1.64. The number of anilines is 1. The molecule has 0 fully saturated rings. The molecule has 1 N–H and O–H groups in total. The van der Waals surface area contributed by atoms with E-state index < -0.39 is 5.82 Å². The highest BCUT2D eigenvalue weighted by Gasteiger charge is 2.11. The number of carbonyl (C=O) groups excluding carboxylic acids is 1. The zero-order chi connectivity index (χ0) is 13.5. The van der Waals surface area contributed by atoms with Crippen LogP contribution in [-0.2, 0) is 4.79 Å². The Bertz CT molecular complexity index is 468. The van der Waals surface area contributed by atoms with Gasteiger partial charge >= 0.3 is 0 Å². The van der Waals surface area contributed by atoms with Crippen LogP contribution in [0.25, 0.3) is 0 Å². The Balaban J connectivity index is 3.01. The van der Waals surface area contributed by atoms with Gasteiger partial charge in [-0.2, -0.15) is 5.26 Å². The van der Waals surface area contributed by atoms with Crippen LogP contribution in [0, 0.1) is 17.1 Å². The normalized spacial score (nSPS) is 9.67. The lowest BCUT2D eigenvalue weighted by molar-refractivity contribution is -0.119. The maximum absolute atomic E-state index is 13.4. The average Bonchev–Trinajstić information content (AvgIpc) is 2.37. The Morgan fingerprint density at radius 2 is 2.22 bits per heavy atom. The van der Waals surface area contributed by atoms with Crippen molar-refractivity contribution in [2.75, 3.05) is 25.0 Å². The van der Waals surface area contributed by atoms with Gasteiger partial charge in [0.2, 0.25) is 5.91 Å². The van der Waals surface area contributed by atoms with E-state index in [4.69, 9.17) is 5.26 Å². The van der Waals surface area contributed by atoms with E-state index in [1.165, 1.54) is 12.1 Å². The molecular weight excluding hydrogens is 233 g/mol. The van der Waals surface area contributed by atoms with Gasteiger partial charge in [-0.25, -0.2) is 4.39 Å². The van der Waals surface area contributed by atoms with Crippen LogP contribution in [-0.4, -0.2) is 26.0 Å². The van der Waals surface area contributed by atoms with Crippen molar-refractivity contribution in [2.45, 2.75) is 13.3 Å². The van der Waals surface area contributed by atoms with Gasteiger partial charge in [0.25, 0.3) is 0 Å². The zero-order valence-corrected chi connectivity index (χ0v) is 10.5. The molecule has 0 aromatic heterocycles. The predicted octanol–water partition coefficient (Wildman–Crippen LogP) is 1.66. The lowest BCUT2D eigenvalue weighted by Crippen LogP contribution is -2.36. The smallest absolute Gasteiger partial charge is 0.239 e. The van der Waals surface area contributed by atoms with Gasteiger partial charge in [-0.05, 0) is 24.6 Å². The number of hydrogen-bond donors (Lipinski definition) is 1. The van der Waals surface area contributed by atoms with Crippen molar-refractivity contribution in [3.8, 4) is 6.07 Å². The summed E-state index contributed by atoms with van der Waals surface area (Å²) in [6, 6.07) is 6.00. The Morgan fingerprint density at radius 3 is 2.78 bits per heavy atom. The summed E-state index contributed by atoms with van der Waals surface area (Å²) < 4.78 is 13.4. The van der Waals surface area contributed by atoms with E-state index in [1.54, 1.807) is 18.0 Å². The van der Waals surface area contributed by atoms with Gasteiger partial charge in [0.1, 0.15) is 5.82 Å². The molecule has 96 valence electrons. The van der Waals surface area contributed by atoms with Crippen molar-refractivity contribution in [1.82, 2.24) is 5.32 Å². The molecule has 4 nitrogen and oxygen atoms in total. The Labute approximate surface area is 106 Å². The summed E-state index contributed by atoms with van der Waals surface area (Å²) in [5, 5.41) is 11.3. The molecule has 0 radical (unpaired) electrons. The number of rotatable bonds is 5. The van der Waals surface area contributed by atoms with E-state index >= 15 is 0 Å². The number of nitrogens with one attached hydrogen (secondary N) is 1. The quantitative estimate of drug-likeness (QED) is 0.863. The molecule has 1 rings (SSSR count). The third-order valence-electron chi connectivity index (χ3n) is 2.48. The molecule has 0 unspecified atom stereocenters. The standard InChI is InChI=1S/C13H16FN3O/c1-3-4-17(9-13(18)16-2)12-6-10(8-15)5-11(14)7-12/h5-7H,3-4,9H2,1-2H3,(H,16,18). The van der Waals surface area contributed by atoms with Gasteiger partial charge in [-0.15, -0.1) is 0 Å². The number of hydrogen-bond acceptors (Lipinski definition) is 3. The van der Waals surface area contributed by atoms with Crippen LogP contribution in [0.2, 0.25) is 0 Å².